The second kappa shape index (κ2) is 6.02. The van der Waals surface area contributed by atoms with Gasteiger partial charge in [-0.1, -0.05) is 29.5 Å². The molecule has 98 valence electrons. The van der Waals surface area contributed by atoms with E-state index in [-0.39, 0.29) is 11.4 Å². The minimum atomic E-state index is -3.47. The van der Waals surface area contributed by atoms with E-state index in [2.05, 4.69) is 16.6 Å². The maximum atomic E-state index is 11.9. The number of hydrogen-bond donors (Lipinski definition) is 1. The molecule has 0 radical (unpaired) electrons. The average molecular weight is 291 g/mol. The van der Waals surface area contributed by atoms with Gasteiger partial charge in [-0.2, -0.15) is 16.1 Å². The summed E-state index contributed by atoms with van der Waals surface area (Å²) in [5, 5.41) is 3.85. The lowest BCUT2D eigenvalue weighted by molar-refractivity contribution is 0.586. The highest BCUT2D eigenvalue weighted by molar-refractivity contribution is 7.89. The molecule has 0 amide bonds. The van der Waals surface area contributed by atoms with Crippen LogP contribution in [-0.2, 0) is 10.0 Å². The summed E-state index contributed by atoms with van der Waals surface area (Å²) in [7, 11) is -3.47. The molecule has 3 nitrogen and oxygen atoms in total. The fraction of sp³-hybridized carbons (Fsp3) is 0.143. The standard InChI is InChI=1S/C14H13NO2S2/c1-12-4-6-14(7-5-12)19(16,17)15-9-2-3-13-8-10-18-11-13/h4-8,10-11,15H,9H2,1H3. The number of nitrogens with one attached hydrogen (secondary N) is 1. The van der Waals surface area contributed by atoms with Gasteiger partial charge in [-0.05, 0) is 30.5 Å². The van der Waals surface area contributed by atoms with Crippen LogP contribution in [0.5, 0.6) is 0 Å². The van der Waals surface area contributed by atoms with Crippen molar-refractivity contribution in [1.29, 1.82) is 0 Å². The normalized spacial score (nSPS) is 10.8. The van der Waals surface area contributed by atoms with Gasteiger partial charge in [-0.25, -0.2) is 8.42 Å². The van der Waals surface area contributed by atoms with Crippen LogP contribution in [0.2, 0.25) is 0 Å². The third-order valence-corrected chi connectivity index (χ3v) is 4.54. The Hall–Kier alpha value is -1.61. The number of aryl methyl sites for hydroxylation is 1. The molecule has 0 fully saturated rings. The predicted molar refractivity (Wildman–Crippen MR) is 77.6 cm³/mol. The molecule has 1 aromatic heterocycles. The minimum absolute atomic E-state index is 0.103. The van der Waals surface area contributed by atoms with Crippen LogP contribution in [0.25, 0.3) is 0 Å². The fourth-order valence-corrected chi connectivity index (χ4v) is 2.92. The molecule has 0 saturated carbocycles. The van der Waals surface area contributed by atoms with Crippen LogP contribution in [0.1, 0.15) is 11.1 Å². The van der Waals surface area contributed by atoms with Crippen molar-refractivity contribution in [3.8, 4) is 11.8 Å². The van der Waals surface area contributed by atoms with Crippen LogP contribution < -0.4 is 4.72 Å². The van der Waals surface area contributed by atoms with Crippen LogP contribution in [-0.4, -0.2) is 15.0 Å². The summed E-state index contributed by atoms with van der Waals surface area (Å²) in [5.74, 6) is 5.68. The Morgan fingerprint density at radius 2 is 1.95 bits per heavy atom. The van der Waals surface area contributed by atoms with Crippen LogP contribution in [0, 0.1) is 18.8 Å². The van der Waals surface area contributed by atoms with Gasteiger partial charge < -0.3 is 0 Å². The highest BCUT2D eigenvalue weighted by atomic mass is 32.2. The quantitative estimate of drug-likeness (QED) is 0.883. The molecule has 0 unspecified atom stereocenters. The number of sulfonamides is 1. The van der Waals surface area contributed by atoms with Crippen LogP contribution in [0.4, 0.5) is 0 Å². The first-order valence-corrected chi connectivity index (χ1v) is 8.08. The lowest BCUT2D eigenvalue weighted by Gasteiger charge is -2.03. The van der Waals surface area contributed by atoms with Crippen LogP contribution in [0.3, 0.4) is 0 Å². The first kappa shape index (κ1) is 13.8. The summed E-state index contributed by atoms with van der Waals surface area (Å²) in [6.07, 6.45) is 0. The van der Waals surface area contributed by atoms with Crippen molar-refractivity contribution in [1.82, 2.24) is 4.72 Å². The zero-order chi connectivity index (χ0) is 13.7. The molecule has 1 aromatic carbocycles. The summed E-state index contributed by atoms with van der Waals surface area (Å²) in [6.45, 7) is 2.02. The molecule has 2 rings (SSSR count). The molecule has 0 bridgehead atoms. The number of benzene rings is 1. The Kier molecular flexibility index (Phi) is 4.38. The molecule has 0 aliphatic rings. The largest absolute Gasteiger partial charge is 0.241 e. The van der Waals surface area contributed by atoms with Gasteiger partial charge in [-0.3, -0.25) is 0 Å². The van der Waals surface area contributed by atoms with Gasteiger partial charge in [0.25, 0.3) is 0 Å². The molecule has 5 heteroatoms. The Labute approximate surface area is 117 Å². The van der Waals surface area contributed by atoms with Gasteiger partial charge in [0, 0.05) is 10.9 Å². The van der Waals surface area contributed by atoms with Crippen molar-refractivity contribution >= 4 is 21.4 Å². The summed E-state index contributed by atoms with van der Waals surface area (Å²) in [5.41, 5.74) is 1.93. The molecular formula is C14H13NO2S2. The lowest BCUT2D eigenvalue weighted by atomic mass is 10.2. The second-order valence-electron chi connectivity index (χ2n) is 3.95. The van der Waals surface area contributed by atoms with Gasteiger partial charge in [0.1, 0.15) is 0 Å². The van der Waals surface area contributed by atoms with E-state index in [1.807, 2.05) is 23.8 Å². The Bertz CT molecular complexity index is 690. The van der Waals surface area contributed by atoms with Crippen LogP contribution in [0.15, 0.2) is 46.0 Å². The Balaban J connectivity index is 2.00. The van der Waals surface area contributed by atoms with Crippen molar-refractivity contribution in [3.05, 3.63) is 52.2 Å². The zero-order valence-corrected chi connectivity index (χ0v) is 12.0. The van der Waals surface area contributed by atoms with Gasteiger partial charge in [0.05, 0.1) is 11.4 Å². The Morgan fingerprint density at radius 3 is 2.58 bits per heavy atom. The van der Waals surface area contributed by atoms with Crippen molar-refractivity contribution in [2.45, 2.75) is 11.8 Å². The van der Waals surface area contributed by atoms with E-state index in [1.54, 1.807) is 35.6 Å². The van der Waals surface area contributed by atoms with Crippen molar-refractivity contribution in [2.75, 3.05) is 6.54 Å². The van der Waals surface area contributed by atoms with Crippen LogP contribution >= 0.6 is 11.3 Å². The molecule has 1 heterocycles. The van der Waals surface area contributed by atoms with E-state index in [0.29, 0.717) is 0 Å². The van der Waals surface area contributed by atoms with E-state index in [0.717, 1.165) is 11.1 Å². The van der Waals surface area contributed by atoms with Crippen molar-refractivity contribution in [2.24, 2.45) is 0 Å². The van der Waals surface area contributed by atoms with Gasteiger partial charge in [0.15, 0.2) is 0 Å². The molecule has 0 aliphatic heterocycles. The van der Waals surface area contributed by atoms with E-state index in [9.17, 15) is 8.42 Å². The first-order valence-electron chi connectivity index (χ1n) is 5.65. The van der Waals surface area contributed by atoms with Crippen molar-refractivity contribution < 1.29 is 8.42 Å². The average Bonchev–Trinajstić information content (AvgIpc) is 2.88. The lowest BCUT2D eigenvalue weighted by Crippen LogP contribution is -2.23. The summed E-state index contributed by atoms with van der Waals surface area (Å²) >= 11 is 1.56. The monoisotopic (exact) mass is 291 g/mol. The molecular weight excluding hydrogens is 278 g/mol. The number of hydrogen-bond acceptors (Lipinski definition) is 3. The van der Waals surface area contributed by atoms with E-state index < -0.39 is 10.0 Å². The zero-order valence-electron chi connectivity index (χ0n) is 10.4. The second-order valence-corrected chi connectivity index (χ2v) is 6.50. The van der Waals surface area contributed by atoms with Gasteiger partial charge in [-0.15, -0.1) is 0 Å². The smallest absolute Gasteiger partial charge is 0.207 e. The third-order valence-electron chi connectivity index (χ3n) is 2.44. The number of thiophene rings is 1. The topological polar surface area (TPSA) is 46.2 Å². The summed E-state index contributed by atoms with van der Waals surface area (Å²) < 4.78 is 26.3. The molecule has 0 aliphatic carbocycles. The molecule has 0 atom stereocenters. The van der Waals surface area contributed by atoms with E-state index in [1.165, 1.54) is 0 Å². The van der Waals surface area contributed by atoms with Crippen molar-refractivity contribution in [3.63, 3.8) is 0 Å². The van der Waals surface area contributed by atoms with Gasteiger partial charge in [0.2, 0.25) is 10.0 Å². The SMILES string of the molecule is Cc1ccc(S(=O)(=O)NCC#Cc2ccsc2)cc1. The third kappa shape index (κ3) is 3.93. The molecule has 19 heavy (non-hydrogen) atoms. The summed E-state index contributed by atoms with van der Waals surface area (Å²) in [4.78, 5) is 0.260. The maximum absolute atomic E-state index is 11.9. The Morgan fingerprint density at radius 1 is 1.21 bits per heavy atom. The highest BCUT2D eigenvalue weighted by Crippen LogP contribution is 2.09. The van der Waals surface area contributed by atoms with Gasteiger partial charge >= 0.3 is 0 Å². The maximum Gasteiger partial charge on any atom is 0.241 e. The first-order chi connectivity index (χ1) is 9.08. The fourth-order valence-electron chi connectivity index (χ4n) is 1.41. The predicted octanol–water partition coefficient (Wildman–Crippen LogP) is 2.39. The molecule has 0 spiro atoms. The molecule has 0 saturated heterocycles. The number of rotatable bonds is 3. The summed E-state index contributed by atoms with van der Waals surface area (Å²) in [6, 6.07) is 8.61. The molecule has 2 aromatic rings. The molecule has 1 N–H and O–H groups in total. The minimum Gasteiger partial charge on any atom is -0.207 e. The van der Waals surface area contributed by atoms with E-state index >= 15 is 0 Å². The van der Waals surface area contributed by atoms with E-state index in [4.69, 9.17) is 0 Å². The highest BCUT2D eigenvalue weighted by Gasteiger charge is 2.11.